The van der Waals surface area contributed by atoms with Crippen LogP contribution in [0.5, 0.6) is 0 Å². The van der Waals surface area contributed by atoms with Crippen molar-refractivity contribution in [2.24, 2.45) is 0 Å². The van der Waals surface area contributed by atoms with Crippen LogP contribution in [-0.4, -0.2) is 28.7 Å². The molecule has 0 atom stereocenters. The van der Waals surface area contributed by atoms with Crippen LogP contribution in [-0.2, 0) is 20.1 Å². The van der Waals surface area contributed by atoms with Crippen LogP contribution in [0.15, 0.2) is 28.6 Å². The van der Waals surface area contributed by atoms with Crippen LogP contribution in [0.3, 0.4) is 0 Å². The lowest BCUT2D eigenvalue weighted by Crippen LogP contribution is -2.14. The van der Waals surface area contributed by atoms with Gasteiger partial charge in [0.25, 0.3) is 0 Å². The Kier molecular flexibility index (Phi) is 7.37. The van der Waals surface area contributed by atoms with E-state index in [-0.39, 0.29) is 18.7 Å². The van der Waals surface area contributed by atoms with Crippen molar-refractivity contribution in [1.29, 1.82) is 5.26 Å². The number of amides is 1. The molecule has 0 fully saturated rings. The van der Waals surface area contributed by atoms with Gasteiger partial charge in [-0.2, -0.15) is 5.26 Å². The first-order chi connectivity index (χ1) is 12.1. The van der Waals surface area contributed by atoms with Crippen LogP contribution >= 0.6 is 23.1 Å². The summed E-state index contributed by atoms with van der Waals surface area (Å²) >= 11 is 2.74. The number of esters is 1. The topological polar surface area (TPSA) is 105 Å². The van der Waals surface area contributed by atoms with E-state index in [4.69, 9.17) is 10.00 Å². The van der Waals surface area contributed by atoms with Crippen molar-refractivity contribution in [3.05, 3.63) is 35.4 Å². The van der Waals surface area contributed by atoms with Crippen LogP contribution in [0.25, 0.3) is 0 Å². The monoisotopic (exact) mass is 376 g/mol. The van der Waals surface area contributed by atoms with Crippen LogP contribution in [0.2, 0.25) is 0 Å². The van der Waals surface area contributed by atoms with Gasteiger partial charge in [0.2, 0.25) is 11.0 Å². The molecule has 1 N–H and O–H groups in total. The van der Waals surface area contributed by atoms with Crippen LogP contribution in [0.4, 0.5) is 5.13 Å². The molecular weight excluding hydrogens is 360 g/mol. The minimum absolute atomic E-state index is 0.0370. The van der Waals surface area contributed by atoms with Crippen molar-refractivity contribution in [3.63, 3.8) is 0 Å². The number of ether oxygens (including phenoxy) is 1. The Morgan fingerprint density at radius 3 is 2.96 bits per heavy atom. The number of nitriles is 1. The van der Waals surface area contributed by atoms with Crippen LogP contribution < -0.4 is 5.32 Å². The highest BCUT2D eigenvalue weighted by molar-refractivity contribution is 8.00. The molecule has 0 bridgehead atoms. The summed E-state index contributed by atoms with van der Waals surface area (Å²) in [7, 11) is 0. The second kappa shape index (κ2) is 9.76. The van der Waals surface area contributed by atoms with Gasteiger partial charge in [-0.1, -0.05) is 35.2 Å². The Bertz CT molecular complexity index is 786. The molecule has 1 aromatic heterocycles. The largest absolute Gasteiger partial charge is 0.466 e. The fraction of sp³-hybridized carbons (Fsp3) is 0.312. The molecular formula is C16H16N4O3S2. The summed E-state index contributed by atoms with van der Waals surface area (Å²) in [6, 6.07) is 9.46. The molecule has 0 spiro atoms. The first-order valence-corrected chi connectivity index (χ1v) is 9.31. The maximum absolute atomic E-state index is 11.8. The van der Waals surface area contributed by atoms with Gasteiger partial charge in [0.15, 0.2) is 4.34 Å². The Hall–Kier alpha value is -2.44. The molecule has 0 aliphatic rings. The van der Waals surface area contributed by atoms with Gasteiger partial charge >= 0.3 is 5.97 Å². The minimum atomic E-state index is -0.397. The second-order valence-corrected chi connectivity index (χ2v) is 7.03. The number of hydrogen-bond donors (Lipinski definition) is 1. The molecule has 9 heteroatoms. The highest BCUT2D eigenvalue weighted by atomic mass is 32.2. The summed E-state index contributed by atoms with van der Waals surface area (Å²) in [4.78, 5) is 23.0. The number of carbonyl (C=O) groups is 2. The van der Waals surface area contributed by atoms with Gasteiger partial charge in [-0.25, -0.2) is 0 Å². The molecule has 0 radical (unpaired) electrons. The van der Waals surface area contributed by atoms with Crippen LogP contribution in [0.1, 0.15) is 30.9 Å². The van der Waals surface area contributed by atoms with Gasteiger partial charge in [-0.3, -0.25) is 9.59 Å². The fourth-order valence-corrected chi connectivity index (χ4v) is 3.54. The molecule has 130 valence electrons. The van der Waals surface area contributed by atoms with E-state index in [0.717, 1.165) is 5.56 Å². The normalized spacial score (nSPS) is 10.1. The van der Waals surface area contributed by atoms with Crippen molar-refractivity contribution in [1.82, 2.24) is 10.2 Å². The van der Waals surface area contributed by atoms with Gasteiger partial charge in [-0.05, 0) is 24.6 Å². The Morgan fingerprint density at radius 2 is 2.20 bits per heavy atom. The average molecular weight is 376 g/mol. The smallest absolute Gasteiger partial charge is 0.306 e. The standard InChI is InChI=1S/C16H16N4O3S2/c1-2-23-14(22)7-6-13(21)18-15-19-20-16(25-15)24-10-12-5-3-4-11(8-12)9-17/h3-5,8H,2,6-7,10H2,1H3,(H,18,19,21). The molecule has 0 unspecified atom stereocenters. The molecule has 1 amide bonds. The molecule has 1 aromatic carbocycles. The number of nitrogens with one attached hydrogen (secondary N) is 1. The Labute approximate surface area is 153 Å². The molecule has 0 aliphatic carbocycles. The zero-order valence-corrected chi connectivity index (χ0v) is 15.2. The van der Waals surface area contributed by atoms with Gasteiger partial charge < -0.3 is 10.1 Å². The summed E-state index contributed by atoms with van der Waals surface area (Å²) in [6.07, 6.45) is 0.0805. The van der Waals surface area contributed by atoms with E-state index in [2.05, 4.69) is 21.6 Å². The first-order valence-electron chi connectivity index (χ1n) is 7.51. The number of nitrogens with zero attached hydrogens (tertiary/aromatic N) is 3. The second-order valence-electron chi connectivity index (χ2n) is 4.83. The number of hydrogen-bond acceptors (Lipinski definition) is 8. The Morgan fingerprint density at radius 1 is 1.36 bits per heavy atom. The highest BCUT2D eigenvalue weighted by Crippen LogP contribution is 2.28. The highest BCUT2D eigenvalue weighted by Gasteiger charge is 2.11. The summed E-state index contributed by atoms with van der Waals surface area (Å²) < 4.78 is 5.48. The van der Waals surface area contributed by atoms with E-state index < -0.39 is 5.97 Å². The fourth-order valence-electron chi connectivity index (χ4n) is 1.82. The zero-order valence-electron chi connectivity index (χ0n) is 13.5. The van der Waals surface area contributed by atoms with E-state index >= 15 is 0 Å². The van der Waals surface area contributed by atoms with Crippen molar-refractivity contribution in [3.8, 4) is 6.07 Å². The summed E-state index contributed by atoms with van der Waals surface area (Å²) in [6.45, 7) is 2.02. The minimum Gasteiger partial charge on any atom is -0.466 e. The molecule has 7 nitrogen and oxygen atoms in total. The SMILES string of the molecule is CCOC(=O)CCC(=O)Nc1nnc(SCc2cccc(C#N)c2)s1. The van der Waals surface area contributed by atoms with Crippen molar-refractivity contribution >= 4 is 40.1 Å². The predicted octanol–water partition coefficient (Wildman–Crippen LogP) is 2.98. The molecule has 1 heterocycles. The maximum Gasteiger partial charge on any atom is 0.306 e. The summed E-state index contributed by atoms with van der Waals surface area (Å²) in [5.74, 6) is -0.0470. The van der Waals surface area contributed by atoms with Crippen molar-refractivity contribution < 1.29 is 14.3 Å². The number of thioether (sulfide) groups is 1. The van der Waals surface area contributed by atoms with E-state index in [1.807, 2.05) is 18.2 Å². The lowest BCUT2D eigenvalue weighted by molar-refractivity contribution is -0.144. The average Bonchev–Trinajstić information content (AvgIpc) is 3.06. The number of rotatable bonds is 8. The van der Waals surface area contributed by atoms with E-state index in [9.17, 15) is 9.59 Å². The lowest BCUT2D eigenvalue weighted by atomic mass is 10.2. The summed E-state index contributed by atoms with van der Waals surface area (Å²) in [5.41, 5.74) is 1.63. The third-order valence-corrected chi connectivity index (χ3v) is 4.98. The Balaban J connectivity index is 1.80. The van der Waals surface area contributed by atoms with Crippen LogP contribution in [0, 0.1) is 11.3 Å². The first kappa shape index (κ1) is 18.9. The quantitative estimate of drug-likeness (QED) is 0.429. The molecule has 0 aliphatic heterocycles. The van der Waals surface area contributed by atoms with E-state index in [1.165, 1.54) is 23.1 Å². The molecule has 25 heavy (non-hydrogen) atoms. The maximum atomic E-state index is 11.8. The summed E-state index contributed by atoms with van der Waals surface area (Å²) in [5, 5.41) is 19.8. The molecule has 0 saturated heterocycles. The molecule has 2 rings (SSSR count). The van der Waals surface area contributed by atoms with Gasteiger partial charge in [0.1, 0.15) is 0 Å². The molecule has 0 saturated carbocycles. The number of anilines is 1. The lowest BCUT2D eigenvalue weighted by Gasteiger charge is -2.01. The van der Waals surface area contributed by atoms with Crippen molar-refractivity contribution in [2.75, 3.05) is 11.9 Å². The third kappa shape index (κ3) is 6.52. The third-order valence-electron chi connectivity index (χ3n) is 2.93. The van der Waals surface area contributed by atoms with Gasteiger partial charge in [0, 0.05) is 12.2 Å². The van der Waals surface area contributed by atoms with E-state index in [0.29, 0.717) is 27.4 Å². The number of carbonyl (C=O) groups excluding carboxylic acids is 2. The number of aromatic nitrogens is 2. The molecule has 2 aromatic rings. The van der Waals surface area contributed by atoms with Gasteiger partial charge in [-0.15, -0.1) is 10.2 Å². The predicted molar refractivity (Wildman–Crippen MR) is 95.1 cm³/mol. The van der Waals surface area contributed by atoms with Gasteiger partial charge in [0.05, 0.1) is 24.7 Å². The van der Waals surface area contributed by atoms with E-state index in [1.54, 1.807) is 13.0 Å². The zero-order chi connectivity index (χ0) is 18.1. The van der Waals surface area contributed by atoms with Crippen molar-refractivity contribution in [2.45, 2.75) is 29.9 Å². The number of benzene rings is 1.